The lowest BCUT2D eigenvalue weighted by Gasteiger charge is -2.29. The Bertz CT molecular complexity index is 628. The molecule has 5 nitrogen and oxygen atoms in total. The van der Waals surface area contributed by atoms with Gasteiger partial charge < -0.3 is 10.1 Å². The van der Waals surface area contributed by atoms with Crippen LogP contribution in [0, 0.1) is 0 Å². The molecule has 4 atom stereocenters. The Labute approximate surface area is 124 Å². The monoisotopic (exact) mass is 309 g/mol. The Morgan fingerprint density at radius 2 is 1.90 bits per heavy atom. The summed E-state index contributed by atoms with van der Waals surface area (Å²) in [6.07, 6.45) is 1.73. The number of piperidine rings is 1. The highest BCUT2D eigenvalue weighted by molar-refractivity contribution is 7.92. The van der Waals surface area contributed by atoms with E-state index in [0.717, 1.165) is 6.42 Å². The van der Waals surface area contributed by atoms with Crippen LogP contribution in [0.2, 0.25) is 0 Å². The molecule has 0 aromatic heterocycles. The van der Waals surface area contributed by atoms with E-state index in [0.29, 0.717) is 17.7 Å². The summed E-state index contributed by atoms with van der Waals surface area (Å²) < 4.78 is 30.8. The van der Waals surface area contributed by atoms with Crippen molar-refractivity contribution in [1.29, 1.82) is 0 Å². The quantitative estimate of drug-likeness (QED) is 0.852. The van der Waals surface area contributed by atoms with E-state index in [-0.39, 0.29) is 24.2 Å². The fourth-order valence-corrected chi connectivity index (χ4v) is 5.41. The van der Waals surface area contributed by atoms with Crippen LogP contribution in [0.4, 0.5) is 0 Å². The maximum Gasteiger partial charge on any atom is 0.302 e. The highest BCUT2D eigenvalue weighted by Gasteiger charge is 2.48. The van der Waals surface area contributed by atoms with Crippen molar-refractivity contribution in [1.82, 2.24) is 5.32 Å². The molecule has 21 heavy (non-hydrogen) atoms. The zero-order chi connectivity index (χ0) is 15.0. The van der Waals surface area contributed by atoms with Crippen LogP contribution in [0.5, 0.6) is 0 Å². The van der Waals surface area contributed by atoms with E-state index in [9.17, 15) is 13.2 Å². The lowest BCUT2D eigenvalue weighted by Crippen LogP contribution is -2.47. The number of esters is 1. The molecule has 114 valence electrons. The van der Waals surface area contributed by atoms with E-state index < -0.39 is 15.1 Å². The smallest absolute Gasteiger partial charge is 0.302 e. The average molecular weight is 309 g/mol. The molecule has 0 radical (unpaired) electrons. The molecule has 2 fully saturated rings. The van der Waals surface area contributed by atoms with Gasteiger partial charge in [0.05, 0.1) is 10.1 Å². The fraction of sp³-hybridized carbons (Fsp3) is 0.533. The van der Waals surface area contributed by atoms with Crippen LogP contribution in [-0.2, 0) is 19.4 Å². The van der Waals surface area contributed by atoms with Gasteiger partial charge in [0.2, 0.25) is 0 Å². The topological polar surface area (TPSA) is 72.5 Å². The molecule has 3 rings (SSSR count). The first-order chi connectivity index (χ1) is 9.98. The van der Waals surface area contributed by atoms with Crippen molar-refractivity contribution < 1.29 is 17.9 Å². The van der Waals surface area contributed by atoms with E-state index in [2.05, 4.69) is 5.32 Å². The molecule has 0 spiro atoms. The molecule has 1 aromatic rings. The number of carbonyl (C=O) groups is 1. The van der Waals surface area contributed by atoms with Gasteiger partial charge in [0.1, 0.15) is 6.10 Å². The van der Waals surface area contributed by atoms with Crippen molar-refractivity contribution in [3.05, 3.63) is 30.3 Å². The van der Waals surface area contributed by atoms with Gasteiger partial charge in [0.15, 0.2) is 9.84 Å². The van der Waals surface area contributed by atoms with Gasteiger partial charge in [0, 0.05) is 19.0 Å². The molecule has 0 amide bonds. The maximum atomic E-state index is 12.8. The number of sulfone groups is 1. The van der Waals surface area contributed by atoms with E-state index in [1.54, 1.807) is 30.3 Å². The molecule has 1 N–H and O–H groups in total. The van der Waals surface area contributed by atoms with Crippen molar-refractivity contribution in [3.63, 3.8) is 0 Å². The molecule has 2 bridgehead atoms. The minimum atomic E-state index is -3.35. The van der Waals surface area contributed by atoms with E-state index >= 15 is 0 Å². The number of rotatable bonds is 3. The van der Waals surface area contributed by atoms with Gasteiger partial charge in [-0.2, -0.15) is 0 Å². The molecule has 0 saturated carbocycles. The first-order valence-corrected chi connectivity index (χ1v) is 8.75. The fourth-order valence-electron chi connectivity index (χ4n) is 3.42. The number of nitrogens with one attached hydrogen (secondary N) is 1. The van der Waals surface area contributed by atoms with Gasteiger partial charge in [-0.1, -0.05) is 18.2 Å². The van der Waals surface area contributed by atoms with Crippen LogP contribution < -0.4 is 5.32 Å². The predicted molar refractivity (Wildman–Crippen MR) is 77.5 cm³/mol. The lowest BCUT2D eigenvalue weighted by atomic mass is 10.0. The molecular weight excluding hydrogens is 290 g/mol. The largest absolute Gasteiger partial charge is 0.461 e. The van der Waals surface area contributed by atoms with Crippen LogP contribution in [0.25, 0.3) is 0 Å². The summed E-state index contributed by atoms with van der Waals surface area (Å²) in [5, 5.41) is 2.88. The van der Waals surface area contributed by atoms with Crippen LogP contribution >= 0.6 is 0 Å². The zero-order valence-electron chi connectivity index (χ0n) is 11.9. The third-order valence-corrected chi connectivity index (χ3v) is 6.61. The first kappa shape index (κ1) is 14.5. The standard InChI is InChI=1S/C15H19NO4S/c1-10(17)20-14-8-7-12-15(9-13(14)16-12)21(18,19)11-5-3-2-4-6-11/h2-6,12-16H,7-9H2,1H3/t12-,13-,14-,15+/m1/s1. The molecule has 1 aromatic carbocycles. The normalized spacial score (nSPS) is 31.9. The summed E-state index contributed by atoms with van der Waals surface area (Å²) in [7, 11) is -3.35. The van der Waals surface area contributed by atoms with Crippen molar-refractivity contribution >= 4 is 15.8 Å². The second-order valence-corrected chi connectivity index (χ2v) is 7.90. The Morgan fingerprint density at radius 3 is 2.57 bits per heavy atom. The SMILES string of the molecule is CC(=O)O[C@@H]1CC[C@H]2N[C@@H]1C[C@@H]2S(=O)(=O)c1ccccc1. The Morgan fingerprint density at radius 1 is 1.19 bits per heavy atom. The minimum absolute atomic E-state index is 0.0491. The Kier molecular flexibility index (Phi) is 3.75. The molecule has 2 saturated heterocycles. The van der Waals surface area contributed by atoms with Gasteiger partial charge in [-0.05, 0) is 31.4 Å². The van der Waals surface area contributed by atoms with Gasteiger partial charge in [0.25, 0.3) is 0 Å². The van der Waals surface area contributed by atoms with Crippen molar-refractivity contribution in [2.45, 2.75) is 54.5 Å². The number of hydrogen-bond acceptors (Lipinski definition) is 5. The van der Waals surface area contributed by atoms with Crippen molar-refractivity contribution in [2.75, 3.05) is 0 Å². The van der Waals surface area contributed by atoms with Crippen LogP contribution in [0.3, 0.4) is 0 Å². The van der Waals surface area contributed by atoms with E-state index in [1.807, 2.05) is 0 Å². The summed E-state index contributed by atoms with van der Waals surface area (Å²) in [5.41, 5.74) is 0. The second kappa shape index (κ2) is 5.42. The molecule has 0 unspecified atom stereocenters. The third-order valence-electron chi connectivity index (χ3n) is 4.36. The average Bonchev–Trinajstić information content (AvgIpc) is 2.82. The van der Waals surface area contributed by atoms with Crippen LogP contribution in [-0.4, -0.2) is 37.8 Å². The number of hydrogen-bond donors (Lipinski definition) is 1. The Balaban J connectivity index is 1.82. The number of carbonyl (C=O) groups excluding carboxylic acids is 1. The predicted octanol–water partition coefficient (Wildman–Crippen LogP) is 1.28. The summed E-state index contributed by atoms with van der Waals surface area (Å²) >= 11 is 0. The van der Waals surface area contributed by atoms with Gasteiger partial charge in [-0.15, -0.1) is 0 Å². The van der Waals surface area contributed by atoms with Crippen molar-refractivity contribution in [3.8, 4) is 0 Å². The number of benzene rings is 1. The maximum absolute atomic E-state index is 12.8. The first-order valence-electron chi connectivity index (χ1n) is 7.20. The summed E-state index contributed by atoms with van der Waals surface area (Å²) in [4.78, 5) is 11.5. The van der Waals surface area contributed by atoms with Crippen LogP contribution in [0.15, 0.2) is 35.2 Å². The molecule has 2 aliphatic heterocycles. The van der Waals surface area contributed by atoms with E-state index in [1.165, 1.54) is 6.92 Å². The molecule has 6 heteroatoms. The summed E-state index contributed by atoms with van der Waals surface area (Å²) in [6, 6.07) is 8.46. The molecule has 2 heterocycles. The minimum Gasteiger partial charge on any atom is -0.461 e. The van der Waals surface area contributed by atoms with E-state index in [4.69, 9.17) is 4.74 Å². The van der Waals surface area contributed by atoms with Gasteiger partial charge in [-0.3, -0.25) is 4.79 Å². The summed E-state index contributed by atoms with van der Waals surface area (Å²) in [6.45, 7) is 1.39. The van der Waals surface area contributed by atoms with Gasteiger partial charge in [-0.25, -0.2) is 8.42 Å². The van der Waals surface area contributed by atoms with Gasteiger partial charge >= 0.3 is 5.97 Å². The highest BCUT2D eigenvalue weighted by atomic mass is 32.2. The third kappa shape index (κ3) is 2.70. The lowest BCUT2D eigenvalue weighted by molar-refractivity contribution is -0.148. The summed E-state index contributed by atoms with van der Waals surface area (Å²) in [5.74, 6) is -0.311. The molecule has 0 aliphatic carbocycles. The number of fused-ring (bicyclic) bond motifs is 2. The highest BCUT2D eigenvalue weighted by Crippen LogP contribution is 2.35. The zero-order valence-corrected chi connectivity index (χ0v) is 12.7. The Hall–Kier alpha value is -1.40. The molecule has 2 aliphatic rings. The second-order valence-electron chi connectivity index (χ2n) is 5.74. The van der Waals surface area contributed by atoms with Crippen LogP contribution in [0.1, 0.15) is 26.2 Å². The van der Waals surface area contributed by atoms with Crippen molar-refractivity contribution in [2.24, 2.45) is 0 Å². The number of ether oxygens (including phenoxy) is 1. The molecular formula is C15H19NO4S.